The molecule has 0 unspecified atom stereocenters. The Morgan fingerprint density at radius 1 is 1.26 bits per heavy atom. The number of carbonyl (C=O) groups is 1. The molecule has 2 aromatic rings. The third-order valence-corrected chi connectivity index (χ3v) is 3.29. The van der Waals surface area contributed by atoms with Crippen LogP contribution in [-0.4, -0.2) is 11.0 Å². The number of aliphatic hydroxyl groups excluding tert-OH is 1. The second-order valence-corrected chi connectivity index (χ2v) is 4.63. The van der Waals surface area contributed by atoms with E-state index in [1.807, 2.05) is 0 Å². The lowest BCUT2D eigenvalue weighted by atomic mass is 10.1. The maximum Gasteiger partial charge on any atom is 0.255 e. The van der Waals surface area contributed by atoms with Gasteiger partial charge in [-0.1, -0.05) is 29.8 Å². The standard InChI is InChI=1S/C15H14ClNO2/c1-10-13(6-3-7-14(10)16)15(19)17-12-5-2-4-11(8-12)9-18/h2-8,18H,9H2,1H3,(H,17,19). The van der Waals surface area contributed by atoms with Crippen molar-refractivity contribution in [2.45, 2.75) is 13.5 Å². The highest BCUT2D eigenvalue weighted by atomic mass is 35.5. The molecule has 0 fully saturated rings. The van der Waals surface area contributed by atoms with E-state index in [0.717, 1.165) is 11.1 Å². The first-order chi connectivity index (χ1) is 9.11. The van der Waals surface area contributed by atoms with Crippen molar-refractivity contribution in [2.75, 3.05) is 5.32 Å². The minimum absolute atomic E-state index is 0.0557. The Morgan fingerprint density at radius 3 is 2.74 bits per heavy atom. The van der Waals surface area contributed by atoms with Gasteiger partial charge in [-0.25, -0.2) is 0 Å². The maximum atomic E-state index is 12.2. The summed E-state index contributed by atoms with van der Waals surface area (Å²) in [6, 6.07) is 12.3. The van der Waals surface area contributed by atoms with Gasteiger partial charge in [-0.3, -0.25) is 4.79 Å². The SMILES string of the molecule is Cc1c(Cl)cccc1C(=O)Nc1cccc(CO)c1. The van der Waals surface area contributed by atoms with E-state index in [1.54, 1.807) is 49.4 Å². The molecule has 0 aromatic heterocycles. The van der Waals surface area contributed by atoms with Gasteiger partial charge in [0.2, 0.25) is 0 Å². The van der Waals surface area contributed by atoms with E-state index in [4.69, 9.17) is 16.7 Å². The molecule has 0 bridgehead atoms. The molecule has 0 saturated carbocycles. The highest BCUT2D eigenvalue weighted by molar-refractivity contribution is 6.32. The number of anilines is 1. The number of nitrogens with one attached hydrogen (secondary N) is 1. The number of aliphatic hydroxyl groups is 1. The van der Waals surface area contributed by atoms with Crippen LogP contribution in [0.15, 0.2) is 42.5 Å². The minimum atomic E-state index is -0.213. The highest BCUT2D eigenvalue weighted by Crippen LogP contribution is 2.20. The van der Waals surface area contributed by atoms with Crippen LogP contribution in [0.5, 0.6) is 0 Å². The van der Waals surface area contributed by atoms with E-state index < -0.39 is 0 Å². The van der Waals surface area contributed by atoms with Crippen LogP contribution < -0.4 is 5.32 Å². The number of hydrogen-bond acceptors (Lipinski definition) is 2. The molecule has 0 saturated heterocycles. The van der Waals surface area contributed by atoms with Crippen molar-refractivity contribution in [1.82, 2.24) is 0 Å². The maximum absolute atomic E-state index is 12.2. The van der Waals surface area contributed by atoms with Gasteiger partial charge in [0.05, 0.1) is 6.61 Å². The van der Waals surface area contributed by atoms with E-state index in [1.165, 1.54) is 0 Å². The summed E-state index contributed by atoms with van der Waals surface area (Å²) in [5, 5.41) is 12.4. The fourth-order valence-electron chi connectivity index (χ4n) is 1.80. The first-order valence-electron chi connectivity index (χ1n) is 5.88. The molecule has 0 atom stereocenters. The average molecular weight is 276 g/mol. The molecule has 0 heterocycles. The molecule has 2 N–H and O–H groups in total. The summed E-state index contributed by atoms with van der Waals surface area (Å²) in [7, 11) is 0. The third kappa shape index (κ3) is 3.13. The number of carbonyl (C=O) groups excluding carboxylic acids is 1. The van der Waals surface area contributed by atoms with Crippen molar-refractivity contribution in [3.8, 4) is 0 Å². The second kappa shape index (κ2) is 5.87. The summed E-state index contributed by atoms with van der Waals surface area (Å²) in [5.41, 5.74) is 2.69. The van der Waals surface area contributed by atoms with Crippen LogP contribution >= 0.6 is 11.6 Å². The number of benzene rings is 2. The molecule has 2 rings (SSSR count). The van der Waals surface area contributed by atoms with E-state index in [-0.39, 0.29) is 12.5 Å². The molecule has 1 amide bonds. The lowest BCUT2D eigenvalue weighted by molar-refractivity contribution is 0.102. The summed E-state index contributed by atoms with van der Waals surface area (Å²) in [6.07, 6.45) is 0. The lowest BCUT2D eigenvalue weighted by Gasteiger charge is -2.09. The molecule has 0 aliphatic heterocycles. The Kier molecular flexibility index (Phi) is 4.20. The predicted molar refractivity (Wildman–Crippen MR) is 76.5 cm³/mol. The zero-order valence-corrected chi connectivity index (χ0v) is 11.2. The van der Waals surface area contributed by atoms with Crippen molar-refractivity contribution >= 4 is 23.2 Å². The van der Waals surface area contributed by atoms with Gasteiger partial charge in [-0.15, -0.1) is 0 Å². The van der Waals surface area contributed by atoms with E-state index in [9.17, 15) is 4.79 Å². The van der Waals surface area contributed by atoms with Gasteiger partial charge < -0.3 is 10.4 Å². The predicted octanol–water partition coefficient (Wildman–Crippen LogP) is 3.39. The van der Waals surface area contributed by atoms with Crippen LogP contribution in [0.3, 0.4) is 0 Å². The number of hydrogen-bond donors (Lipinski definition) is 2. The summed E-state index contributed by atoms with van der Waals surface area (Å²) in [6.45, 7) is 1.75. The Morgan fingerprint density at radius 2 is 2.00 bits per heavy atom. The fraction of sp³-hybridized carbons (Fsp3) is 0.133. The molecule has 0 radical (unpaired) electrons. The summed E-state index contributed by atoms with van der Waals surface area (Å²) in [5.74, 6) is -0.213. The molecule has 0 aliphatic carbocycles. The Hall–Kier alpha value is -1.84. The largest absolute Gasteiger partial charge is 0.392 e. The number of amides is 1. The molecular formula is C15H14ClNO2. The smallest absolute Gasteiger partial charge is 0.255 e. The molecule has 19 heavy (non-hydrogen) atoms. The normalized spacial score (nSPS) is 10.3. The van der Waals surface area contributed by atoms with Gasteiger partial charge in [0.15, 0.2) is 0 Å². The lowest BCUT2D eigenvalue weighted by Crippen LogP contribution is -2.13. The van der Waals surface area contributed by atoms with Crippen LogP contribution in [-0.2, 0) is 6.61 Å². The monoisotopic (exact) mass is 275 g/mol. The van der Waals surface area contributed by atoms with Gasteiger partial charge >= 0.3 is 0 Å². The van der Waals surface area contributed by atoms with Gasteiger partial charge in [0.25, 0.3) is 5.91 Å². The second-order valence-electron chi connectivity index (χ2n) is 4.23. The van der Waals surface area contributed by atoms with E-state index in [2.05, 4.69) is 5.32 Å². The van der Waals surface area contributed by atoms with Crippen LogP contribution in [0.25, 0.3) is 0 Å². The molecule has 3 nitrogen and oxygen atoms in total. The van der Waals surface area contributed by atoms with Crippen molar-refractivity contribution in [2.24, 2.45) is 0 Å². The Balaban J connectivity index is 2.23. The summed E-state index contributed by atoms with van der Waals surface area (Å²) >= 11 is 6.00. The zero-order chi connectivity index (χ0) is 13.8. The van der Waals surface area contributed by atoms with Crippen LogP contribution in [0.2, 0.25) is 5.02 Å². The summed E-state index contributed by atoms with van der Waals surface area (Å²) < 4.78 is 0. The van der Waals surface area contributed by atoms with Crippen LogP contribution in [0.4, 0.5) is 5.69 Å². The minimum Gasteiger partial charge on any atom is -0.392 e. The Bertz CT molecular complexity index is 611. The molecule has 98 valence electrons. The topological polar surface area (TPSA) is 49.3 Å². The van der Waals surface area contributed by atoms with Gasteiger partial charge in [-0.2, -0.15) is 0 Å². The van der Waals surface area contributed by atoms with Crippen molar-refractivity contribution in [3.05, 3.63) is 64.2 Å². The van der Waals surface area contributed by atoms with E-state index in [0.29, 0.717) is 16.3 Å². The average Bonchev–Trinajstić information content (AvgIpc) is 2.42. The van der Waals surface area contributed by atoms with Crippen molar-refractivity contribution in [3.63, 3.8) is 0 Å². The van der Waals surface area contributed by atoms with Crippen LogP contribution in [0, 0.1) is 6.92 Å². The number of rotatable bonds is 3. The van der Waals surface area contributed by atoms with E-state index >= 15 is 0 Å². The van der Waals surface area contributed by atoms with Gasteiger partial charge in [0, 0.05) is 16.3 Å². The van der Waals surface area contributed by atoms with Crippen molar-refractivity contribution in [1.29, 1.82) is 0 Å². The third-order valence-electron chi connectivity index (χ3n) is 2.88. The quantitative estimate of drug-likeness (QED) is 0.902. The molecule has 2 aromatic carbocycles. The first-order valence-corrected chi connectivity index (χ1v) is 6.26. The summed E-state index contributed by atoms with van der Waals surface area (Å²) in [4.78, 5) is 12.2. The first kappa shape index (κ1) is 13.6. The number of halogens is 1. The molecule has 0 spiro atoms. The fourth-order valence-corrected chi connectivity index (χ4v) is 1.97. The highest BCUT2D eigenvalue weighted by Gasteiger charge is 2.11. The molecule has 4 heteroatoms. The van der Waals surface area contributed by atoms with Gasteiger partial charge in [-0.05, 0) is 42.3 Å². The van der Waals surface area contributed by atoms with Crippen molar-refractivity contribution < 1.29 is 9.90 Å². The zero-order valence-electron chi connectivity index (χ0n) is 10.5. The molecule has 0 aliphatic rings. The molecular weight excluding hydrogens is 262 g/mol. The Labute approximate surface area is 116 Å². The van der Waals surface area contributed by atoms with Gasteiger partial charge in [0.1, 0.15) is 0 Å². The van der Waals surface area contributed by atoms with Crippen LogP contribution in [0.1, 0.15) is 21.5 Å².